The van der Waals surface area contributed by atoms with E-state index in [1.54, 1.807) is 7.11 Å². The molecule has 0 aliphatic heterocycles. The number of ether oxygens (including phenoxy) is 2. The van der Waals surface area contributed by atoms with E-state index in [-0.39, 0.29) is 11.5 Å². The molecule has 0 saturated heterocycles. The van der Waals surface area contributed by atoms with Crippen LogP contribution < -0.4 is 0 Å². The zero-order valence-electron chi connectivity index (χ0n) is 10.2. The minimum Gasteiger partial charge on any atom is -0.385 e. The molecule has 2 fully saturated rings. The van der Waals surface area contributed by atoms with Gasteiger partial charge in [0.25, 0.3) is 0 Å². The molecule has 0 N–H and O–H groups in total. The highest BCUT2D eigenvalue weighted by Gasteiger charge is 2.55. The number of hydrogen-bond acceptors (Lipinski definition) is 3. The van der Waals surface area contributed by atoms with E-state index in [1.807, 2.05) is 0 Å². The van der Waals surface area contributed by atoms with Crippen LogP contribution in [0.1, 0.15) is 44.9 Å². The molecule has 2 rings (SSSR count). The zero-order chi connectivity index (χ0) is 11.4. The SMILES string of the molecule is COCCCOC1CC(=O)C12CCCCC2. The molecule has 1 spiro atoms. The summed E-state index contributed by atoms with van der Waals surface area (Å²) >= 11 is 0. The van der Waals surface area contributed by atoms with Crippen molar-refractivity contribution < 1.29 is 14.3 Å². The van der Waals surface area contributed by atoms with E-state index in [9.17, 15) is 4.79 Å². The first-order valence-electron chi connectivity index (χ1n) is 6.43. The van der Waals surface area contributed by atoms with Gasteiger partial charge in [0, 0.05) is 26.7 Å². The lowest BCUT2D eigenvalue weighted by atomic mass is 9.57. The van der Waals surface area contributed by atoms with Crippen molar-refractivity contribution in [3.05, 3.63) is 0 Å². The quantitative estimate of drug-likeness (QED) is 0.675. The van der Waals surface area contributed by atoms with Gasteiger partial charge in [0.1, 0.15) is 5.78 Å². The number of Topliss-reactive ketones (excluding diaryl/α,β-unsaturated/α-hetero) is 1. The van der Waals surface area contributed by atoms with Crippen molar-refractivity contribution >= 4 is 5.78 Å². The Morgan fingerprint density at radius 3 is 2.62 bits per heavy atom. The van der Waals surface area contributed by atoms with Gasteiger partial charge in [-0.25, -0.2) is 0 Å². The van der Waals surface area contributed by atoms with Gasteiger partial charge in [0.15, 0.2) is 0 Å². The fourth-order valence-corrected chi connectivity index (χ4v) is 3.05. The average Bonchev–Trinajstić information content (AvgIpc) is 2.34. The van der Waals surface area contributed by atoms with Crippen LogP contribution >= 0.6 is 0 Å². The molecule has 0 heterocycles. The van der Waals surface area contributed by atoms with Crippen LogP contribution in [0.3, 0.4) is 0 Å². The molecule has 0 aromatic heterocycles. The van der Waals surface area contributed by atoms with E-state index < -0.39 is 0 Å². The predicted octanol–water partition coefficient (Wildman–Crippen LogP) is 2.33. The Kier molecular flexibility index (Phi) is 3.98. The van der Waals surface area contributed by atoms with Crippen LogP contribution in [0.25, 0.3) is 0 Å². The summed E-state index contributed by atoms with van der Waals surface area (Å²) in [6, 6.07) is 0. The molecule has 2 saturated carbocycles. The third-order valence-electron chi connectivity index (χ3n) is 4.10. The minimum absolute atomic E-state index is 0.0781. The van der Waals surface area contributed by atoms with Gasteiger partial charge in [0.05, 0.1) is 11.5 Å². The molecular weight excluding hydrogens is 204 g/mol. The lowest BCUT2D eigenvalue weighted by molar-refractivity contribution is -0.169. The van der Waals surface area contributed by atoms with Crippen LogP contribution in [0.15, 0.2) is 0 Å². The first-order chi connectivity index (χ1) is 7.79. The summed E-state index contributed by atoms with van der Waals surface area (Å²) in [6.07, 6.45) is 7.57. The number of carbonyl (C=O) groups is 1. The molecule has 2 aliphatic carbocycles. The van der Waals surface area contributed by atoms with Crippen LogP contribution in [0.2, 0.25) is 0 Å². The highest BCUT2D eigenvalue weighted by molar-refractivity contribution is 5.92. The molecule has 0 aromatic carbocycles. The molecule has 92 valence electrons. The van der Waals surface area contributed by atoms with E-state index in [0.717, 1.165) is 32.5 Å². The molecule has 2 aliphatic rings. The van der Waals surface area contributed by atoms with E-state index in [1.165, 1.54) is 19.3 Å². The zero-order valence-corrected chi connectivity index (χ0v) is 10.2. The smallest absolute Gasteiger partial charge is 0.144 e. The van der Waals surface area contributed by atoms with Crippen molar-refractivity contribution in [3.8, 4) is 0 Å². The summed E-state index contributed by atoms with van der Waals surface area (Å²) in [5, 5.41) is 0. The number of hydrogen-bond donors (Lipinski definition) is 0. The van der Waals surface area contributed by atoms with Gasteiger partial charge in [-0.05, 0) is 19.3 Å². The maximum atomic E-state index is 11.8. The standard InChI is InChI=1S/C13H22O3/c1-15-8-5-9-16-12-10-11(14)13(12)6-3-2-4-7-13/h12H,2-10H2,1H3. The van der Waals surface area contributed by atoms with Crippen LogP contribution in [-0.2, 0) is 14.3 Å². The summed E-state index contributed by atoms with van der Waals surface area (Å²) < 4.78 is 10.8. The molecule has 0 amide bonds. The second-order valence-corrected chi connectivity index (χ2v) is 5.05. The molecule has 0 radical (unpaired) electrons. The van der Waals surface area contributed by atoms with Crippen LogP contribution in [0, 0.1) is 5.41 Å². The van der Waals surface area contributed by atoms with Crippen molar-refractivity contribution in [1.29, 1.82) is 0 Å². The highest BCUT2D eigenvalue weighted by atomic mass is 16.5. The van der Waals surface area contributed by atoms with E-state index in [4.69, 9.17) is 9.47 Å². The normalized spacial score (nSPS) is 28.1. The first-order valence-corrected chi connectivity index (χ1v) is 6.43. The third kappa shape index (κ3) is 2.16. The fraction of sp³-hybridized carbons (Fsp3) is 0.923. The molecule has 16 heavy (non-hydrogen) atoms. The van der Waals surface area contributed by atoms with Gasteiger partial charge in [0.2, 0.25) is 0 Å². The van der Waals surface area contributed by atoms with Gasteiger partial charge in [-0.1, -0.05) is 19.3 Å². The number of rotatable bonds is 5. The number of carbonyl (C=O) groups excluding carboxylic acids is 1. The summed E-state index contributed by atoms with van der Waals surface area (Å²) in [5.74, 6) is 0.448. The summed E-state index contributed by atoms with van der Waals surface area (Å²) in [7, 11) is 1.70. The summed E-state index contributed by atoms with van der Waals surface area (Å²) in [6.45, 7) is 1.47. The lowest BCUT2D eigenvalue weighted by Crippen LogP contribution is -2.56. The Balaban J connectivity index is 1.79. The predicted molar refractivity (Wildman–Crippen MR) is 61.4 cm³/mol. The van der Waals surface area contributed by atoms with E-state index in [0.29, 0.717) is 12.2 Å². The average molecular weight is 226 g/mol. The van der Waals surface area contributed by atoms with Gasteiger partial charge in [-0.15, -0.1) is 0 Å². The maximum absolute atomic E-state index is 11.8. The Hall–Kier alpha value is -0.410. The summed E-state index contributed by atoms with van der Waals surface area (Å²) in [5.41, 5.74) is -0.0781. The molecule has 1 unspecified atom stereocenters. The van der Waals surface area contributed by atoms with Gasteiger partial charge in [-0.3, -0.25) is 4.79 Å². The van der Waals surface area contributed by atoms with Crippen molar-refractivity contribution in [1.82, 2.24) is 0 Å². The Morgan fingerprint density at radius 2 is 2.00 bits per heavy atom. The van der Waals surface area contributed by atoms with Crippen molar-refractivity contribution in [3.63, 3.8) is 0 Å². The van der Waals surface area contributed by atoms with E-state index in [2.05, 4.69) is 0 Å². The Morgan fingerprint density at radius 1 is 1.25 bits per heavy atom. The third-order valence-corrected chi connectivity index (χ3v) is 4.10. The molecule has 3 nitrogen and oxygen atoms in total. The van der Waals surface area contributed by atoms with Gasteiger partial charge in [-0.2, -0.15) is 0 Å². The van der Waals surface area contributed by atoms with E-state index >= 15 is 0 Å². The van der Waals surface area contributed by atoms with Gasteiger partial charge < -0.3 is 9.47 Å². The largest absolute Gasteiger partial charge is 0.385 e. The molecule has 1 atom stereocenters. The molecule has 3 heteroatoms. The summed E-state index contributed by atoms with van der Waals surface area (Å²) in [4.78, 5) is 11.8. The lowest BCUT2D eigenvalue weighted by Gasteiger charge is -2.49. The second-order valence-electron chi connectivity index (χ2n) is 5.05. The maximum Gasteiger partial charge on any atom is 0.144 e. The first kappa shape index (κ1) is 12.1. The molecule has 0 aromatic rings. The highest BCUT2D eigenvalue weighted by Crippen LogP contribution is 2.50. The van der Waals surface area contributed by atoms with Gasteiger partial charge >= 0.3 is 0 Å². The topological polar surface area (TPSA) is 35.5 Å². The van der Waals surface area contributed by atoms with Crippen LogP contribution in [0.5, 0.6) is 0 Å². The minimum atomic E-state index is -0.0781. The monoisotopic (exact) mass is 226 g/mol. The number of ketones is 1. The van der Waals surface area contributed by atoms with Crippen LogP contribution in [0.4, 0.5) is 0 Å². The Labute approximate surface area is 97.5 Å². The second kappa shape index (κ2) is 5.28. The number of methoxy groups -OCH3 is 1. The van der Waals surface area contributed by atoms with Crippen LogP contribution in [-0.4, -0.2) is 32.2 Å². The Bertz CT molecular complexity index is 244. The fourth-order valence-electron chi connectivity index (χ4n) is 3.05. The molecule has 0 bridgehead atoms. The van der Waals surface area contributed by atoms with Crippen molar-refractivity contribution in [2.45, 2.75) is 51.0 Å². The van der Waals surface area contributed by atoms with Crippen molar-refractivity contribution in [2.24, 2.45) is 5.41 Å². The van der Waals surface area contributed by atoms with Crippen molar-refractivity contribution in [2.75, 3.05) is 20.3 Å². The molecular formula is C13H22O3.